The summed E-state index contributed by atoms with van der Waals surface area (Å²) in [5.41, 5.74) is 1.00. The van der Waals surface area contributed by atoms with E-state index in [9.17, 15) is 0 Å². The van der Waals surface area contributed by atoms with E-state index < -0.39 is 0 Å². The van der Waals surface area contributed by atoms with Gasteiger partial charge in [0.05, 0.1) is 5.92 Å². The van der Waals surface area contributed by atoms with Crippen molar-refractivity contribution < 1.29 is 4.74 Å². The number of hydrogen-bond donors (Lipinski definition) is 0. The largest absolute Gasteiger partial charge is 0.356 e. The van der Waals surface area contributed by atoms with Crippen molar-refractivity contribution in [3.05, 3.63) is 72.4 Å². The standard InChI is InChI=1S/C19H16O/c1-2-5-11-18(10-4-1)14-8-16-20-17-9-15-19-12-6-3-7-13-19/h1-7,10-13,18H,16-17H2. The van der Waals surface area contributed by atoms with Crippen LogP contribution in [-0.4, -0.2) is 13.2 Å². The summed E-state index contributed by atoms with van der Waals surface area (Å²) in [6, 6.07) is 9.87. The van der Waals surface area contributed by atoms with Crippen LogP contribution in [0.4, 0.5) is 0 Å². The minimum absolute atomic E-state index is 0.170. The summed E-state index contributed by atoms with van der Waals surface area (Å²) in [5, 5.41) is 0. The summed E-state index contributed by atoms with van der Waals surface area (Å²) in [6.45, 7) is 0.816. The topological polar surface area (TPSA) is 9.23 Å². The highest BCUT2D eigenvalue weighted by atomic mass is 16.5. The van der Waals surface area contributed by atoms with Crippen molar-refractivity contribution in [2.75, 3.05) is 13.2 Å². The van der Waals surface area contributed by atoms with E-state index in [4.69, 9.17) is 4.74 Å². The van der Waals surface area contributed by atoms with Crippen molar-refractivity contribution in [1.82, 2.24) is 0 Å². The third-order valence-electron chi connectivity index (χ3n) is 2.59. The minimum atomic E-state index is 0.170. The molecule has 1 aliphatic carbocycles. The van der Waals surface area contributed by atoms with Crippen LogP contribution in [0.15, 0.2) is 66.8 Å². The summed E-state index contributed by atoms with van der Waals surface area (Å²) in [4.78, 5) is 0. The Morgan fingerprint density at radius 3 is 2.30 bits per heavy atom. The molecule has 0 spiro atoms. The molecule has 0 fully saturated rings. The number of hydrogen-bond acceptors (Lipinski definition) is 1. The van der Waals surface area contributed by atoms with Gasteiger partial charge in [-0.05, 0) is 12.1 Å². The molecule has 1 aromatic carbocycles. The Labute approximate surface area is 120 Å². The van der Waals surface area contributed by atoms with E-state index in [0.29, 0.717) is 13.2 Å². The Morgan fingerprint density at radius 1 is 0.850 bits per heavy atom. The van der Waals surface area contributed by atoms with Crippen LogP contribution >= 0.6 is 0 Å². The Hall–Kier alpha value is -2.48. The number of ether oxygens (including phenoxy) is 1. The van der Waals surface area contributed by atoms with Gasteiger partial charge in [-0.2, -0.15) is 0 Å². The molecule has 20 heavy (non-hydrogen) atoms. The third kappa shape index (κ3) is 5.44. The number of rotatable bonds is 2. The van der Waals surface area contributed by atoms with E-state index in [1.165, 1.54) is 0 Å². The molecule has 2 rings (SSSR count). The summed E-state index contributed by atoms with van der Waals surface area (Å²) in [5.74, 6) is 12.3. The van der Waals surface area contributed by atoms with Gasteiger partial charge in [0, 0.05) is 5.56 Å². The zero-order valence-corrected chi connectivity index (χ0v) is 11.3. The lowest BCUT2D eigenvalue weighted by atomic mass is 10.1. The van der Waals surface area contributed by atoms with E-state index in [-0.39, 0.29) is 5.92 Å². The lowest BCUT2D eigenvalue weighted by Gasteiger charge is -1.94. The Morgan fingerprint density at radius 2 is 1.55 bits per heavy atom. The van der Waals surface area contributed by atoms with Crippen LogP contribution in [0.1, 0.15) is 5.56 Å². The third-order valence-corrected chi connectivity index (χ3v) is 2.59. The number of allylic oxidation sites excluding steroid dienone is 6. The molecule has 0 saturated carbocycles. The maximum absolute atomic E-state index is 5.37. The monoisotopic (exact) mass is 260 g/mol. The zero-order chi connectivity index (χ0) is 13.9. The van der Waals surface area contributed by atoms with Crippen molar-refractivity contribution >= 4 is 0 Å². The minimum Gasteiger partial charge on any atom is -0.356 e. The summed E-state index contributed by atoms with van der Waals surface area (Å²) >= 11 is 0. The molecule has 0 aromatic heterocycles. The molecule has 1 nitrogen and oxygen atoms in total. The normalized spacial score (nSPS) is 13.0. The highest BCUT2D eigenvalue weighted by Crippen LogP contribution is 2.03. The number of benzene rings is 1. The first-order valence-corrected chi connectivity index (χ1v) is 6.57. The van der Waals surface area contributed by atoms with Gasteiger partial charge in [-0.3, -0.25) is 0 Å². The van der Waals surface area contributed by atoms with Gasteiger partial charge in [0.2, 0.25) is 0 Å². The van der Waals surface area contributed by atoms with E-state index >= 15 is 0 Å². The fourth-order valence-electron chi connectivity index (χ4n) is 1.63. The quantitative estimate of drug-likeness (QED) is 0.585. The lowest BCUT2D eigenvalue weighted by molar-refractivity contribution is 0.204. The van der Waals surface area contributed by atoms with E-state index in [1.54, 1.807) is 0 Å². The maximum Gasteiger partial charge on any atom is 0.109 e. The van der Waals surface area contributed by atoms with Crippen LogP contribution in [0.5, 0.6) is 0 Å². The predicted octanol–water partition coefficient (Wildman–Crippen LogP) is 3.36. The average molecular weight is 260 g/mol. The second kappa shape index (κ2) is 8.59. The van der Waals surface area contributed by atoms with Crippen LogP contribution < -0.4 is 0 Å². The fraction of sp³-hybridized carbons (Fsp3) is 0.158. The second-order valence-electron chi connectivity index (χ2n) is 4.16. The van der Waals surface area contributed by atoms with Crippen molar-refractivity contribution in [3.8, 4) is 23.7 Å². The average Bonchev–Trinajstić information content (AvgIpc) is 2.76. The van der Waals surface area contributed by atoms with Crippen LogP contribution in [-0.2, 0) is 4.74 Å². The fourth-order valence-corrected chi connectivity index (χ4v) is 1.63. The second-order valence-corrected chi connectivity index (χ2v) is 4.16. The van der Waals surface area contributed by atoms with Crippen molar-refractivity contribution in [2.24, 2.45) is 5.92 Å². The zero-order valence-electron chi connectivity index (χ0n) is 11.3. The van der Waals surface area contributed by atoms with Crippen molar-refractivity contribution in [3.63, 3.8) is 0 Å². The van der Waals surface area contributed by atoms with Crippen molar-refractivity contribution in [2.45, 2.75) is 0 Å². The summed E-state index contributed by atoms with van der Waals surface area (Å²) in [6.07, 6.45) is 12.1. The highest BCUT2D eigenvalue weighted by Gasteiger charge is 1.93. The molecule has 0 amide bonds. The predicted molar refractivity (Wildman–Crippen MR) is 82.8 cm³/mol. The SMILES string of the molecule is C(#Cc1ccccc1)COCC#CC1C=CC=CC=C1. The molecular weight excluding hydrogens is 244 g/mol. The van der Waals surface area contributed by atoms with E-state index in [2.05, 4.69) is 35.8 Å². The molecule has 98 valence electrons. The Bertz CT molecular complexity index is 596. The van der Waals surface area contributed by atoms with Crippen LogP contribution in [0, 0.1) is 29.6 Å². The maximum atomic E-state index is 5.37. The van der Waals surface area contributed by atoms with Crippen LogP contribution in [0.25, 0.3) is 0 Å². The molecule has 0 aliphatic heterocycles. The molecule has 0 radical (unpaired) electrons. The van der Waals surface area contributed by atoms with Crippen LogP contribution in [0.3, 0.4) is 0 Å². The van der Waals surface area contributed by atoms with Gasteiger partial charge in [-0.15, -0.1) is 0 Å². The lowest BCUT2D eigenvalue weighted by Crippen LogP contribution is -1.93. The molecule has 0 N–H and O–H groups in total. The molecule has 0 unspecified atom stereocenters. The van der Waals surface area contributed by atoms with Gasteiger partial charge in [-0.1, -0.05) is 78.3 Å². The van der Waals surface area contributed by atoms with Crippen LogP contribution in [0.2, 0.25) is 0 Å². The van der Waals surface area contributed by atoms with Gasteiger partial charge >= 0.3 is 0 Å². The van der Waals surface area contributed by atoms with Gasteiger partial charge in [0.1, 0.15) is 13.2 Å². The molecular formula is C19H16O. The summed E-state index contributed by atoms with van der Waals surface area (Å²) in [7, 11) is 0. The Kier molecular flexibility index (Phi) is 5.99. The van der Waals surface area contributed by atoms with E-state index in [1.807, 2.05) is 54.6 Å². The molecule has 0 heterocycles. The van der Waals surface area contributed by atoms with Gasteiger partial charge < -0.3 is 4.74 Å². The summed E-state index contributed by atoms with van der Waals surface area (Å²) < 4.78 is 5.37. The van der Waals surface area contributed by atoms with Gasteiger partial charge in [0.15, 0.2) is 0 Å². The van der Waals surface area contributed by atoms with Gasteiger partial charge in [0.25, 0.3) is 0 Å². The first kappa shape index (κ1) is 13.9. The van der Waals surface area contributed by atoms with E-state index in [0.717, 1.165) is 5.56 Å². The molecule has 1 heteroatoms. The molecule has 1 aliphatic rings. The Balaban J connectivity index is 1.69. The first-order chi connectivity index (χ1) is 9.95. The smallest absolute Gasteiger partial charge is 0.109 e. The first-order valence-electron chi connectivity index (χ1n) is 6.57. The molecule has 0 bridgehead atoms. The molecule has 0 saturated heterocycles. The van der Waals surface area contributed by atoms with Crippen molar-refractivity contribution in [1.29, 1.82) is 0 Å². The highest BCUT2D eigenvalue weighted by molar-refractivity contribution is 5.33. The van der Waals surface area contributed by atoms with Gasteiger partial charge in [-0.25, -0.2) is 0 Å². The molecule has 1 aromatic rings. The molecule has 0 atom stereocenters.